The van der Waals surface area contributed by atoms with Gasteiger partial charge in [0.25, 0.3) is 0 Å². The molecule has 1 aromatic heterocycles. The average molecular weight is 313 g/mol. The molecule has 2 unspecified atom stereocenters. The van der Waals surface area contributed by atoms with Crippen LogP contribution >= 0.6 is 22.9 Å². The van der Waals surface area contributed by atoms with E-state index in [-0.39, 0.29) is 0 Å². The molecule has 1 fully saturated rings. The molecule has 2 aliphatic rings. The van der Waals surface area contributed by atoms with Crippen LogP contribution in [0.1, 0.15) is 49.1 Å². The Morgan fingerprint density at radius 1 is 1.50 bits per heavy atom. The number of nitrogens with zero attached hydrogens (tertiary/aromatic N) is 1. The van der Waals surface area contributed by atoms with Gasteiger partial charge in [-0.3, -0.25) is 4.79 Å². The molecule has 3 rings (SSSR count). The minimum atomic E-state index is 0.307. The van der Waals surface area contributed by atoms with Crippen molar-refractivity contribution in [2.24, 2.45) is 0 Å². The Labute approximate surface area is 129 Å². The zero-order valence-electron chi connectivity index (χ0n) is 11.8. The second-order valence-electron chi connectivity index (χ2n) is 5.88. The molecule has 0 aromatic carbocycles. The van der Waals surface area contributed by atoms with Crippen molar-refractivity contribution >= 4 is 28.8 Å². The van der Waals surface area contributed by atoms with Crippen LogP contribution in [0.5, 0.6) is 0 Å². The predicted octanol–water partition coefficient (Wildman–Crippen LogP) is 3.38. The van der Waals surface area contributed by atoms with Crippen molar-refractivity contribution in [1.29, 1.82) is 0 Å². The number of aryl methyl sites for hydroxylation is 1. The summed E-state index contributed by atoms with van der Waals surface area (Å²) < 4.78 is 0.895. The Morgan fingerprint density at radius 3 is 3.10 bits per heavy atom. The van der Waals surface area contributed by atoms with Crippen LogP contribution in [0.3, 0.4) is 0 Å². The second kappa shape index (κ2) is 6.04. The first-order chi connectivity index (χ1) is 9.63. The number of nitrogens with one attached hydrogen (secondary N) is 1. The lowest BCUT2D eigenvalue weighted by atomic mass is 9.93. The largest absolute Gasteiger partial charge is 0.341 e. The molecule has 0 spiro atoms. The second-order valence-corrected chi connectivity index (χ2v) is 7.65. The van der Waals surface area contributed by atoms with Gasteiger partial charge in [0.2, 0.25) is 5.91 Å². The third-order valence-electron chi connectivity index (χ3n) is 4.24. The number of hydrogen-bond donors (Lipinski definition) is 1. The highest BCUT2D eigenvalue weighted by atomic mass is 35.5. The van der Waals surface area contributed by atoms with E-state index in [1.54, 1.807) is 11.3 Å². The summed E-state index contributed by atoms with van der Waals surface area (Å²) in [6.07, 6.45) is 5.28. The monoisotopic (exact) mass is 312 g/mol. The quantitative estimate of drug-likeness (QED) is 0.924. The van der Waals surface area contributed by atoms with Crippen molar-refractivity contribution < 1.29 is 4.79 Å². The SMILES string of the molecule is CC(CN1CCCC1=O)NC1CCCc2sc(Cl)cc21. The standard InChI is InChI=1S/C15H21ClN2OS/c1-10(9-18-7-3-6-15(18)19)17-12-4-2-5-13-11(12)8-14(16)20-13/h8,10,12,17H,2-7,9H2,1H3. The minimum Gasteiger partial charge on any atom is -0.341 e. The number of carbonyl (C=O) groups is 1. The molecular formula is C15H21ClN2OS. The van der Waals surface area contributed by atoms with Crippen LogP contribution in [0.4, 0.5) is 0 Å². The lowest BCUT2D eigenvalue weighted by Gasteiger charge is -2.29. The first kappa shape index (κ1) is 14.4. The number of likely N-dealkylation sites (tertiary alicyclic amines) is 1. The van der Waals surface area contributed by atoms with Gasteiger partial charge in [-0.2, -0.15) is 0 Å². The van der Waals surface area contributed by atoms with Gasteiger partial charge in [-0.15, -0.1) is 11.3 Å². The van der Waals surface area contributed by atoms with Crippen LogP contribution in [-0.4, -0.2) is 29.9 Å². The number of halogens is 1. The van der Waals surface area contributed by atoms with Gasteiger partial charge in [-0.25, -0.2) is 0 Å². The van der Waals surface area contributed by atoms with Gasteiger partial charge >= 0.3 is 0 Å². The van der Waals surface area contributed by atoms with E-state index in [1.807, 2.05) is 4.90 Å². The summed E-state index contributed by atoms with van der Waals surface area (Å²) in [7, 11) is 0. The molecule has 1 aliphatic carbocycles. The van der Waals surface area contributed by atoms with E-state index in [2.05, 4.69) is 18.3 Å². The van der Waals surface area contributed by atoms with Crippen molar-refractivity contribution in [2.75, 3.05) is 13.1 Å². The molecule has 5 heteroatoms. The van der Waals surface area contributed by atoms with Crippen molar-refractivity contribution in [1.82, 2.24) is 10.2 Å². The van der Waals surface area contributed by atoms with Gasteiger partial charge in [-0.1, -0.05) is 11.6 Å². The summed E-state index contributed by atoms with van der Waals surface area (Å²) >= 11 is 7.86. The number of hydrogen-bond acceptors (Lipinski definition) is 3. The molecular weight excluding hydrogens is 292 g/mol. The normalized spacial score (nSPS) is 24.0. The average Bonchev–Trinajstić information content (AvgIpc) is 2.96. The molecule has 1 amide bonds. The third-order valence-corrected chi connectivity index (χ3v) is 5.57. The maximum Gasteiger partial charge on any atom is 0.222 e. The number of thiophene rings is 1. The maximum atomic E-state index is 11.7. The van der Waals surface area contributed by atoms with Crippen molar-refractivity contribution in [2.45, 2.75) is 51.1 Å². The lowest BCUT2D eigenvalue weighted by molar-refractivity contribution is -0.128. The predicted molar refractivity (Wildman–Crippen MR) is 83.4 cm³/mol. The Balaban J connectivity index is 1.61. The van der Waals surface area contributed by atoms with E-state index in [4.69, 9.17) is 11.6 Å². The molecule has 1 aromatic rings. The van der Waals surface area contributed by atoms with Crippen LogP contribution in [0.2, 0.25) is 4.34 Å². The zero-order chi connectivity index (χ0) is 14.1. The summed E-state index contributed by atoms with van der Waals surface area (Å²) in [6, 6.07) is 2.84. The van der Waals surface area contributed by atoms with Gasteiger partial charge in [0.15, 0.2) is 0 Å². The van der Waals surface area contributed by atoms with E-state index in [1.165, 1.54) is 23.3 Å². The molecule has 1 aliphatic heterocycles. The molecule has 2 heterocycles. The summed E-state index contributed by atoms with van der Waals surface area (Å²) in [5.74, 6) is 0.307. The highest BCUT2D eigenvalue weighted by Gasteiger charge is 2.26. The summed E-state index contributed by atoms with van der Waals surface area (Å²) in [5, 5.41) is 3.69. The van der Waals surface area contributed by atoms with E-state index >= 15 is 0 Å². The van der Waals surface area contributed by atoms with Gasteiger partial charge in [0.05, 0.1) is 4.34 Å². The van der Waals surface area contributed by atoms with Crippen molar-refractivity contribution in [3.63, 3.8) is 0 Å². The highest BCUT2D eigenvalue weighted by molar-refractivity contribution is 7.16. The molecule has 0 radical (unpaired) electrons. The summed E-state index contributed by atoms with van der Waals surface area (Å²) in [5.41, 5.74) is 1.38. The molecule has 0 saturated carbocycles. The van der Waals surface area contributed by atoms with Gasteiger partial charge in [0, 0.05) is 36.5 Å². The van der Waals surface area contributed by atoms with Gasteiger partial charge < -0.3 is 10.2 Å². The number of rotatable bonds is 4. The Bertz CT molecular complexity index is 502. The fourth-order valence-corrected chi connectivity index (χ4v) is 4.70. The molecule has 1 saturated heterocycles. The summed E-state index contributed by atoms with van der Waals surface area (Å²) in [4.78, 5) is 15.1. The molecule has 2 atom stereocenters. The fraction of sp³-hybridized carbons (Fsp3) is 0.667. The third kappa shape index (κ3) is 3.02. The van der Waals surface area contributed by atoms with E-state index in [9.17, 15) is 4.79 Å². The molecule has 20 heavy (non-hydrogen) atoms. The first-order valence-corrected chi connectivity index (χ1v) is 8.65. The van der Waals surface area contributed by atoms with Gasteiger partial charge in [-0.05, 0) is 44.2 Å². The van der Waals surface area contributed by atoms with Crippen molar-refractivity contribution in [3.05, 3.63) is 20.8 Å². The molecule has 3 nitrogen and oxygen atoms in total. The van der Waals surface area contributed by atoms with Crippen LogP contribution in [0.15, 0.2) is 6.07 Å². The Morgan fingerprint density at radius 2 is 2.35 bits per heavy atom. The number of carbonyl (C=O) groups excluding carboxylic acids is 1. The fourth-order valence-electron chi connectivity index (χ4n) is 3.32. The van der Waals surface area contributed by atoms with E-state index < -0.39 is 0 Å². The molecule has 1 N–H and O–H groups in total. The smallest absolute Gasteiger partial charge is 0.222 e. The van der Waals surface area contributed by atoms with E-state index in [0.29, 0.717) is 18.0 Å². The zero-order valence-corrected chi connectivity index (χ0v) is 13.4. The lowest BCUT2D eigenvalue weighted by Crippen LogP contribution is -2.41. The van der Waals surface area contributed by atoms with Crippen LogP contribution < -0.4 is 5.32 Å². The number of amides is 1. The van der Waals surface area contributed by atoms with Gasteiger partial charge in [0.1, 0.15) is 0 Å². The van der Waals surface area contributed by atoms with Crippen molar-refractivity contribution in [3.8, 4) is 0 Å². The highest BCUT2D eigenvalue weighted by Crippen LogP contribution is 2.38. The number of fused-ring (bicyclic) bond motifs is 1. The van der Waals surface area contributed by atoms with Crippen LogP contribution in [0, 0.1) is 0 Å². The molecule has 0 bridgehead atoms. The first-order valence-electron chi connectivity index (χ1n) is 7.45. The van der Waals surface area contributed by atoms with Crippen LogP contribution in [0.25, 0.3) is 0 Å². The Kier molecular flexibility index (Phi) is 4.34. The summed E-state index contributed by atoms with van der Waals surface area (Å²) in [6.45, 7) is 3.92. The molecule has 110 valence electrons. The maximum absolute atomic E-state index is 11.7. The van der Waals surface area contributed by atoms with E-state index in [0.717, 1.165) is 36.7 Å². The Hall–Kier alpha value is -0.580. The minimum absolute atomic E-state index is 0.307. The topological polar surface area (TPSA) is 32.3 Å². The van der Waals surface area contributed by atoms with Crippen LogP contribution in [-0.2, 0) is 11.2 Å².